The fourth-order valence-electron chi connectivity index (χ4n) is 2.77. The number of methoxy groups -OCH3 is 1. The van der Waals surface area contributed by atoms with Crippen molar-refractivity contribution >= 4 is 18.3 Å². The van der Waals surface area contributed by atoms with E-state index in [4.69, 9.17) is 10.5 Å². The molecule has 118 valence electrons. The van der Waals surface area contributed by atoms with Crippen LogP contribution in [0.15, 0.2) is 24.3 Å². The van der Waals surface area contributed by atoms with Crippen molar-refractivity contribution in [3.05, 3.63) is 29.8 Å². The van der Waals surface area contributed by atoms with Crippen molar-refractivity contribution in [2.75, 3.05) is 7.11 Å². The Hall–Kier alpha value is -1.26. The number of nitrogens with one attached hydrogen (secondary N) is 1. The molecule has 3 N–H and O–H groups in total. The first kappa shape index (κ1) is 17.8. The lowest BCUT2D eigenvalue weighted by atomic mass is 9.85. The average molecular weight is 313 g/mol. The highest BCUT2D eigenvalue weighted by Crippen LogP contribution is 2.24. The number of carbonyl (C=O) groups is 1. The monoisotopic (exact) mass is 312 g/mol. The van der Waals surface area contributed by atoms with Gasteiger partial charge in [-0.15, -0.1) is 12.4 Å². The van der Waals surface area contributed by atoms with Crippen LogP contribution in [0, 0.1) is 5.92 Å². The third kappa shape index (κ3) is 4.90. The van der Waals surface area contributed by atoms with E-state index in [0.717, 1.165) is 37.0 Å². The molecule has 1 fully saturated rings. The van der Waals surface area contributed by atoms with Crippen molar-refractivity contribution in [3.63, 3.8) is 0 Å². The summed E-state index contributed by atoms with van der Waals surface area (Å²) < 4.78 is 5.14. The summed E-state index contributed by atoms with van der Waals surface area (Å²) in [6, 6.07) is 7.97. The molecule has 1 aliphatic carbocycles. The van der Waals surface area contributed by atoms with Crippen molar-refractivity contribution in [3.8, 4) is 5.75 Å². The summed E-state index contributed by atoms with van der Waals surface area (Å²) in [5.74, 6) is 1.02. The molecule has 3 unspecified atom stereocenters. The molecular weight excluding hydrogens is 288 g/mol. The minimum atomic E-state index is 0. The number of nitrogens with two attached hydrogens (primary N) is 1. The number of benzene rings is 1. The highest BCUT2D eigenvalue weighted by Gasteiger charge is 2.26. The Kier molecular flexibility index (Phi) is 6.99. The molecule has 21 heavy (non-hydrogen) atoms. The summed E-state index contributed by atoms with van der Waals surface area (Å²) in [6.45, 7) is 2.00. The third-order valence-electron chi connectivity index (χ3n) is 4.06. The molecule has 0 heterocycles. The van der Waals surface area contributed by atoms with Gasteiger partial charge < -0.3 is 15.8 Å². The van der Waals surface area contributed by atoms with Crippen LogP contribution in [0.1, 0.15) is 44.2 Å². The van der Waals surface area contributed by atoms with Gasteiger partial charge in [0.1, 0.15) is 5.75 Å². The molecule has 0 bridgehead atoms. The Morgan fingerprint density at radius 1 is 1.33 bits per heavy atom. The molecule has 2 rings (SSSR count). The van der Waals surface area contributed by atoms with Gasteiger partial charge in [0.05, 0.1) is 13.2 Å². The van der Waals surface area contributed by atoms with Crippen LogP contribution in [-0.2, 0) is 4.79 Å². The predicted molar refractivity (Wildman–Crippen MR) is 86.7 cm³/mol. The van der Waals surface area contributed by atoms with E-state index in [2.05, 4.69) is 5.32 Å². The van der Waals surface area contributed by atoms with E-state index in [1.807, 2.05) is 31.2 Å². The molecule has 1 aromatic carbocycles. The summed E-state index contributed by atoms with van der Waals surface area (Å²) in [6.07, 6.45) is 3.85. The first-order valence-electron chi connectivity index (χ1n) is 7.30. The van der Waals surface area contributed by atoms with Crippen molar-refractivity contribution < 1.29 is 9.53 Å². The van der Waals surface area contributed by atoms with Gasteiger partial charge >= 0.3 is 0 Å². The summed E-state index contributed by atoms with van der Waals surface area (Å²) >= 11 is 0. The zero-order chi connectivity index (χ0) is 14.5. The molecule has 1 saturated carbocycles. The largest absolute Gasteiger partial charge is 0.497 e. The van der Waals surface area contributed by atoms with Gasteiger partial charge in [0.2, 0.25) is 5.91 Å². The number of ether oxygens (including phenoxy) is 1. The van der Waals surface area contributed by atoms with Gasteiger partial charge in [-0.25, -0.2) is 0 Å². The lowest BCUT2D eigenvalue weighted by Crippen LogP contribution is -2.38. The first-order chi connectivity index (χ1) is 9.60. The molecule has 0 saturated heterocycles. The minimum absolute atomic E-state index is 0. The van der Waals surface area contributed by atoms with Gasteiger partial charge in [-0.1, -0.05) is 18.6 Å². The topological polar surface area (TPSA) is 64.3 Å². The highest BCUT2D eigenvalue weighted by molar-refractivity contribution is 5.85. The van der Waals surface area contributed by atoms with Crippen LogP contribution in [0.2, 0.25) is 0 Å². The molecule has 0 radical (unpaired) electrons. The summed E-state index contributed by atoms with van der Waals surface area (Å²) in [5, 5.41) is 3.09. The summed E-state index contributed by atoms with van der Waals surface area (Å²) in [4.78, 5) is 12.3. The number of rotatable bonds is 4. The summed E-state index contributed by atoms with van der Waals surface area (Å²) in [7, 11) is 1.65. The normalized spacial score (nSPS) is 22.8. The second kappa shape index (κ2) is 8.25. The quantitative estimate of drug-likeness (QED) is 0.898. The second-order valence-electron chi connectivity index (χ2n) is 5.63. The number of halogens is 1. The second-order valence-corrected chi connectivity index (χ2v) is 5.63. The van der Waals surface area contributed by atoms with E-state index in [9.17, 15) is 4.79 Å². The van der Waals surface area contributed by atoms with Gasteiger partial charge in [0, 0.05) is 12.0 Å². The zero-order valence-corrected chi connectivity index (χ0v) is 13.5. The van der Waals surface area contributed by atoms with Crippen molar-refractivity contribution in [1.82, 2.24) is 5.32 Å². The fraction of sp³-hybridized carbons (Fsp3) is 0.562. The zero-order valence-electron chi connectivity index (χ0n) is 12.7. The van der Waals surface area contributed by atoms with Crippen LogP contribution >= 0.6 is 12.4 Å². The molecule has 1 aromatic rings. The minimum Gasteiger partial charge on any atom is -0.497 e. The van der Waals surface area contributed by atoms with E-state index >= 15 is 0 Å². The van der Waals surface area contributed by atoms with Crippen molar-refractivity contribution in [1.29, 1.82) is 0 Å². The molecule has 1 aliphatic rings. The molecule has 3 atom stereocenters. The maximum atomic E-state index is 12.3. The van der Waals surface area contributed by atoms with Gasteiger partial charge in [-0.2, -0.15) is 0 Å². The van der Waals surface area contributed by atoms with Gasteiger partial charge in [0.25, 0.3) is 0 Å². The average Bonchev–Trinajstić information content (AvgIpc) is 2.47. The van der Waals surface area contributed by atoms with Crippen LogP contribution in [0.4, 0.5) is 0 Å². The Morgan fingerprint density at radius 2 is 2.00 bits per heavy atom. The summed E-state index contributed by atoms with van der Waals surface area (Å²) in [5.41, 5.74) is 7.03. The maximum absolute atomic E-state index is 12.3. The molecule has 0 spiro atoms. The molecule has 0 aromatic heterocycles. The molecular formula is C16H25ClN2O2. The lowest BCUT2D eigenvalue weighted by Gasteiger charge is -2.27. The van der Waals surface area contributed by atoms with E-state index in [1.165, 1.54) is 0 Å². The number of carbonyl (C=O) groups excluding carboxylic acids is 1. The number of hydrogen-bond acceptors (Lipinski definition) is 3. The van der Waals surface area contributed by atoms with E-state index < -0.39 is 0 Å². The molecule has 1 amide bonds. The highest BCUT2D eigenvalue weighted by atomic mass is 35.5. The number of amides is 1. The van der Waals surface area contributed by atoms with Crippen molar-refractivity contribution in [2.24, 2.45) is 11.7 Å². The smallest absolute Gasteiger partial charge is 0.223 e. The molecule has 5 heteroatoms. The Balaban J connectivity index is 0.00000220. The lowest BCUT2D eigenvalue weighted by molar-refractivity contribution is -0.126. The van der Waals surface area contributed by atoms with E-state index in [1.54, 1.807) is 7.11 Å². The first-order valence-corrected chi connectivity index (χ1v) is 7.30. The van der Waals surface area contributed by atoms with Crippen LogP contribution in [0.3, 0.4) is 0 Å². The van der Waals surface area contributed by atoms with E-state index in [-0.39, 0.29) is 36.3 Å². The Bertz CT molecular complexity index is 450. The van der Waals surface area contributed by atoms with Gasteiger partial charge in [-0.3, -0.25) is 4.79 Å². The van der Waals surface area contributed by atoms with Crippen LogP contribution in [0.25, 0.3) is 0 Å². The third-order valence-corrected chi connectivity index (χ3v) is 4.06. The molecule has 4 nitrogen and oxygen atoms in total. The van der Waals surface area contributed by atoms with Gasteiger partial charge in [0.15, 0.2) is 0 Å². The SMILES string of the molecule is COc1ccc(C(C)NC(=O)C2CCCC(N)C2)cc1.Cl. The Morgan fingerprint density at radius 3 is 2.57 bits per heavy atom. The van der Waals surface area contributed by atoms with E-state index in [0.29, 0.717) is 0 Å². The van der Waals surface area contributed by atoms with Crippen LogP contribution in [0.5, 0.6) is 5.75 Å². The maximum Gasteiger partial charge on any atom is 0.223 e. The standard InChI is InChI=1S/C16H24N2O2.ClH/c1-11(12-6-8-15(20-2)9-7-12)18-16(19)13-4-3-5-14(17)10-13;/h6-9,11,13-14H,3-5,10,17H2,1-2H3,(H,18,19);1H. The van der Waals surface area contributed by atoms with Crippen LogP contribution in [-0.4, -0.2) is 19.1 Å². The number of hydrogen-bond donors (Lipinski definition) is 2. The van der Waals surface area contributed by atoms with Crippen LogP contribution < -0.4 is 15.8 Å². The van der Waals surface area contributed by atoms with Crippen molar-refractivity contribution in [2.45, 2.75) is 44.7 Å². The fourth-order valence-corrected chi connectivity index (χ4v) is 2.77. The van der Waals surface area contributed by atoms with Gasteiger partial charge in [-0.05, 0) is 43.9 Å². The predicted octanol–water partition coefficient (Wildman–Crippen LogP) is 2.81. The Labute approximate surface area is 132 Å². The molecule has 0 aliphatic heterocycles.